The van der Waals surface area contributed by atoms with E-state index in [4.69, 9.17) is 4.74 Å². The second-order valence-electron chi connectivity index (χ2n) is 5.94. The number of hydrogen-bond acceptors (Lipinski definition) is 4. The maximum absolute atomic E-state index is 12.6. The van der Waals surface area contributed by atoms with Gasteiger partial charge in [-0.05, 0) is 57.0 Å². The van der Waals surface area contributed by atoms with E-state index in [1.54, 1.807) is 12.1 Å². The van der Waals surface area contributed by atoms with E-state index in [0.29, 0.717) is 24.7 Å². The van der Waals surface area contributed by atoms with Crippen molar-refractivity contribution in [1.82, 2.24) is 10.0 Å². The molecule has 0 aromatic heterocycles. The zero-order valence-electron chi connectivity index (χ0n) is 12.9. The summed E-state index contributed by atoms with van der Waals surface area (Å²) in [5.74, 6) is 0. The number of sulfonamides is 1. The van der Waals surface area contributed by atoms with Gasteiger partial charge < -0.3 is 10.1 Å². The molecule has 1 aliphatic rings. The summed E-state index contributed by atoms with van der Waals surface area (Å²) in [6, 6.07) is 5.24. The fourth-order valence-corrected chi connectivity index (χ4v) is 4.07. The molecule has 0 aliphatic carbocycles. The highest BCUT2D eigenvalue weighted by atomic mass is 32.2. The molecule has 0 amide bonds. The highest BCUT2D eigenvalue weighted by molar-refractivity contribution is 7.89. The lowest BCUT2D eigenvalue weighted by molar-refractivity contribution is 0.0386. The summed E-state index contributed by atoms with van der Waals surface area (Å²) in [5, 5.41) is 3.06. The Balaban J connectivity index is 2.24. The summed E-state index contributed by atoms with van der Waals surface area (Å²) in [6.45, 7) is 5.64. The third-order valence-electron chi connectivity index (χ3n) is 3.82. The maximum atomic E-state index is 12.6. The summed E-state index contributed by atoms with van der Waals surface area (Å²) in [5.41, 5.74) is 1.55. The summed E-state index contributed by atoms with van der Waals surface area (Å²) < 4.78 is 33.4. The van der Waals surface area contributed by atoms with E-state index in [1.165, 1.54) is 0 Å². The third kappa shape index (κ3) is 4.03. The molecule has 0 saturated carbocycles. The fraction of sp³-hybridized carbons (Fsp3) is 0.600. The van der Waals surface area contributed by atoms with Gasteiger partial charge >= 0.3 is 0 Å². The number of nitrogens with one attached hydrogen (secondary N) is 2. The van der Waals surface area contributed by atoms with Gasteiger partial charge in [-0.25, -0.2) is 13.1 Å². The van der Waals surface area contributed by atoms with Gasteiger partial charge in [0.05, 0.1) is 17.0 Å². The minimum Gasteiger partial charge on any atom is -0.380 e. The number of benzene rings is 1. The van der Waals surface area contributed by atoms with E-state index in [-0.39, 0.29) is 0 Å². The first-order valence-electron chi connectivity index (χ1n) is 7.22. The number of aryl methyl sites for hydroxylation is 1. The van der Waals surface area contributed by atoms with E-state index in [1.807, 2.05) is 27.0 Å². The lowest BCUT2D eigenvalue weighted by atomic mass is 9.97. The minimum atomic E-state index is -3.53. The first-order valence-corrected chi connectivity index (χ1v) is 8.70. The first kappa shape index (κ1) is 16.4. The Morgan fingerprint density at radius 1 is 1.38 bits per heavy atom. The molecular formula is C15H24N2O3S. The summed E-state index contributed by atoms with van der Waals surface area (Å²) in [6.07, 6.45) is 1.67. The van der Waals surface area contributed by atoms with Gasteiger partial charge in [0.25, 0.3) is 0 Å². The molecule has 0 radical (unpaired) electrons. The van der Waals surface area contributed by atoms with Gasteiger partial charge in [-0.3, -0.25) is 0 Å². The Labute approximate surface area is 127 Å². The van der Waals surface area contributed by atoms with Gasteiger partial charge in [-0.1, -0.05) is 6.07 Å². The van der Waals surface area contributed by atoms with Crippen molar-refractivity contribution in [3.63, 3.8) is 0 Å². The number of ether oxygens (including phenoxy) is 1. The minimum absolute atomic E-state index is 0.310. The predicted octanol–water partition coefficient (Wildman–Crippen LogP) is 1.56. The second kappa shape index (κ2) is 6.44. The molecule has 21 heavy (non-hydrogen) atoms. The Kier molecular flexibility index (Phi) is 5.03. The average molecular weight is 312 g/mol. The third-order valence-corrected chi connectivity index (χ3v) is 5.45. The monoisotopic (exact) mass is 312 g/mol. The van der Waals surface area contributed by atoms with Gasteiger partial charge in [0.2, 0.25) is 10.0 Å². The van der Waals surface area contributed by atoms with E-state index in [9.17, 15) is 8.42 Å². The molecule has 1 aromatic carbocycles. The lowest BCUT2D eigenvalue weighted by Gasteiger charge is -2.33. The van der Waals surface area contributed by atoms with Gasteiger partial charge in [0, 0.05) is 13.2 Å². The largest absolute Gasteiger partial charge is 0.380 e. The van der Waals surface area contributed by atoms with Crippen LogP contribution in [0.25, 0.3) is 0 Å². The zero-order valence-corrected chi connectivity index (χ0v) is 13.7. The van der Waals surface area contributed by atoms with E-state index < -0.39 is 15.6 Å². The molecule has 1 aromatic rings. The summed E-state index contributed by atoms with van der Waals surface area (Å²) >= 11 is 0. The highest BCUT2D eigenvalue weighted by Crippen LogP contribution is 2.23. The lowest BCUT2D eigenvalue weighted by Crippen LogP contribution is -2.51. The van der Waals surface area contributed by atoms with Crippen LogP contribution in [-0.4, -0.2) is 34.2 Å². The number of hydrogen-bond donors (Lipinski definition) is 2. The molecule has 2 rings (SSSR count). The molecule has 6 heteroatoms. The average Bonchev–Trinajstić information content (AvgIpc) is 2.41. The Bertz CT molecular complexity index is 593. The molecule has 2 N–H and O–H groups in total. The Morgan fingerprint density at radius 2 is 2.14 bits per heavy atom. The van der Waals surface area contributed by atoms with Gasteiger partial charge in [0.1, 0.15) is 0 Å². The molecule has 0 spiro atoms. The first-order chi connectivity index (χ1) is 9.86. The molecule has 1 fully saturated rings. The van der Waals surface area contributed by atoms with Gasteiger partial charge in [0.15, 0.2) is 0 Å². The maximum Gasteiger partial charge on any atom is 0.241 e. The van der Waals surface area contributed by atoms with Crippen LogP contribution in [0.3, 0.4) is 0 Å². The molecule has 1 saturated heterocycles. The molecule has 1 atom stereocenters. The molecule has 1 unspecified atom stereocenters. The van der Waals surface area contributed by atoms with Crippen molar-refractivity contribution < 1.29 is 13.2 Å². The number of rotatable bonds is 5. The van der Waals surface area contributed by atoms with Gasteiger partial charge in [-0.2, -0.15) is 0 Å². The van der Waals surface area contributed by atoms with Crippen LogP contribution in [0, 0.1) is 6.92 Å². The van der Waals surface area contributed by atoms with Crippen molar-refractivity contribution in [2.75, 3.05) is 20.3 Å². The molecule has 118 valence electrons. The molecule has 5 nitrogen and oxygen atoms in total. The van der Waals surface area contributed by atoms with Crippen LogP contribution in [0.2, 0.25) is 0 Å². The molecule has 1 heterocycles. The van der Waals surface area contributed by atoms with Crippen LogP contribution in [0.4, 0.5) is 0 Å². The van der Waals surface area contributed by atoms with Crippen molar-refractivity contribution in [2.45, 2.75) is 43.7 Å². The molecule has 1 aliphatic heterocycles. The molecule has 0 bridgehead atoms. The van der Waals surface area contributed by atoms with E-state index in [0.717, 1.165) is 24.0 Å². The van der Waals surface area contributed by atoms with Crippen molar-refractivity contribution in [1.29, 1.82) is 0 Å². The SMILES string of the molecule is CNCc1cc(S(=O)(=O)NC2(C)CCCOC2)ccc1C. The Morgan fingerprint density at radius 3 is 2.76 bits per heavy atom. The smallest absolute Gasteiger partial charge is 0.241 e. The zero-order chi connectivity index (χ0) is 15.5. The van der Waals surface area contributed by atoms with Crippen LogP contribution < -0.4 is 10.0 Å². The van der Waals surface area contributed by atoms with Crippen LogP contribution in [0.5, 0.6) is 0 Å². The standard InChI is InChI=1S/C15H24N2O3S/c1-12-5-6-14(9-13(12)10-16-3)21(18,19)17-15(2)7-4-8-20-11-15/h5-6,9,16-17H,4,7-8,10-11H2,1-3H3. The normalized spacial score (nSPS) is 23.2. The Hall–Kier alpha value is -0.950. The summed E-state index contributed by atoms with van der Waals surface area (Å²) in [7, 11) is -1.69. The quantitative estimate of drug-likeness (QED) is 0.866. The van der Waals surface area contributed by atoms with Crippen molar-refractivity contribution >= 4 is 10.0 Å². The molecular weight excluding hydrogens is 288 g/mol. The fourth-order valence-electron chi connectivity index (χ4n) is 2.59. The van der Waals surface area contributed by atoms with Crippen LogP contribution in [0.1, 0.15) is 30.9 Å². The van der Waals surface area contributed by atoms with E-state index >= 15 is 0 Å². The van der Waals surface area contributed by atoms with Crippen molar-refractivity contribution in [2.24, 2.45) is 0 Å². The summed E-state index contributed by atoms with van der Waals surface area (Å²) in [4.78, 5) is 0.310. The van der Waals surface area contributed by atoms with Crippen LogP contribution >= 0.6 is 0 Å². The second-order valence-corrected chi connectivity index (χ2v) is 7.62. The predicted molar refractivity (Wildman–Crippen MR) is 82.7 cm³/mol. The highest BCUT2D eigenvalue weighted by Gasteiger charge is 2.33. The topological polar surface area (TPSA) is 67.4 Å². The van der Waals surface area contributed by atoms with E-state index in [2.05, 4.69) is 10.0 Å². The van der Waals surface area contributed by atoms with Crippen molar-refractivity contribution in [3.05, 3.63) is 29.3 Å². The van der Waals surface area contributed by atoms with Crippen LogP contribution in [-0.2, 0) is 21.3 Å². The van der Waals surface area contributed by atoms with Crippen molar-refractivity contribution in [3.8, 4) is 0 Å². The van der Waals surface area contributed by atoms with Gasteiger partial charge in [-0.15, -0.1) is 0 Å². The van der Waals surface area contributed by atoms with Crippen LogP contribution in [0.15, 0.2) is 23.1 Å².